The van der Waals surface area contributed by atoms with Gasteiger partial charge in [-0.2, -0.15) is 0 Å². The number of halogens is 2. The Morgan fingerprint density at radius 2 is 2.06 bits per heavy atom. The normalized spacial score (nSPS) is 20.4. The molecule has 4 heteroatoms. The molecule has 1 unspecified atom stereocenters. The molecular weight excluding hydrogens is 393 g/mol. The van der Waals surface area contributed by atoms with E-state index in [0.29, 0.717) is 6.04 Å². The number of carbonyl (C=O) groups is 1. The first kappa shape index (κ1) is 13.3. The maximum absolute atomic E-state index is 12.4. The van der Waals surface area contributed by atoms with Crippen molar-refractivity contribution >= 4 is 44.4 Å². The lowest BCUT2D eigenvalue weighted by Crippen LogP contribution is -2.44. The number of benzene rings is 1. The van der Waals surface area contributed by atoms with E-state index in [1.807, 2.05) is 29.2 Å². The summed E-state index contributed by atoms with van der Waals surface area (Å²) in [5.74, 6) is 0.172. The Labute approximate surface area is 124 Å². The lowest BCUT2D eigenvalue weighted by Gasteiger charge is -2.34. The van der Waals surface area contributed by atoms with Crippen LogP contribution in [0, 0.1) is 3.57 Å². The SMILES string of the molecule is O=C(c1ccc(I)cc1)N1CCCCC1CBr. The zero-order chi connectivity index (χ0) is 12.3. The van der Waals surface area contributed by atoms with Crippen molar-refractivity contribution in [1.29, 1.82) is 0 Å². The number of nitrogens with zero attached hydrogens (tertiary/aromatic N) is 1. The average molecular weight is 408 g/mol. The first-order valence-electron chi connectivity index (χ1n) is 5.85. The quantitative estimate of drug-likeness (QED) is 0.541. The van der Waals surface area contributed by atoms with E-state index in [9.17, 15) is 4.79 Å². The summed E-state index contributed by atoms with van der Waals surface area (Å²) < 4.78 is 1.16. The molecule has 1 atom stereocenters. The van der Waals surface area contributed by atoms with E-state index in [0.717, 1.165) is 33.9 Å². The van der Waals surface area contributed by atoms with Gasteiger partial charge in [-0.15, -0.1) is 0 Å². The molecule has 0 aromatic heterocycles. The highest BCUT2D eigenvalue weighted by Crippen LogP contribution is 2.21. The molecule has 1 heterocycles. The predicted octanol–water partition coefficient (Wildman–Crippen LogP) is 3.68. The van der Waals surface area contributed by atoms with Crippen LogP contribution < -0.4 is 0 Å². The Kier molecular flexibility index (Phi) is 4.85. The van der Waals surface area contributed by atoms with E-state index in [4.69, 9.17) is 0 Å². The first-order valence-corrected chi connectivity index (χ1v) is 8.05. The average Bonchev–Trinajstić information content (AvgIpc) is 2.39. The molecule has 17 heavy (non-hydrogen) atoms. The third-order valence-corrected chi connectivity index (χ3v) is 4.62. The molecule has 1 aromatic rings. The van der Waals surface area contributed by atoms with Gasteiger partial charge >= 0.3 is 0 Å². The number of piperidine rings is 1. The van der Waals surface area contributed by atoms with E-state index in [1.165, 1.54) is 6.42 Å². The molecule has 0 spiro atoms. The summed E-state index contributed by atoms with van der Waals surface area (Å²) in [5, 5.41) is 0.878. The molecule has 2 nitrogen and oxygen atoms in total. The van der Waals surface area contributed by atoms with E-state index >= 15 is 0 Å². The van der Waals surface area contributed by atoms with Crippen molar-refractivity contribution in [1.82, 2.24) is 4.90 Å². The zero-order valence-electron chi connectivity index (χ0n) is 9.53. The van der Waals surface area contributed by atoms with E-state index < -0.39 is 0 Å². The van der Waals surface area contributed by atoms with Gasteiger partial charge in [0, 0.05) is 27.1 Å². The van der Waals surface area contributed by atoms with Crippen molar-refractivity contribution in [3.63, 3.8) is 0 Å². The van der Waals surface area contributed by atoms with Gasteiger partial charge in [0.1, 0.15) is 0 Å². The van der Waals surface area contributed by atoms with Crippen molar-refractivity contribution in [2.45, 2.75) is 25.3 Å². The third kappa shape index (κ3) is 3.22. The minimum Gasteiger partial charge on any atom is -0.335 e. The van der Waals surface area contributed by atoms with E-state index in [-0.39, 0.29) is 5.91 Å². The second-order valence-electron chi connectivity index (χ2n) is 4.31. The second kappa shape index (κ2) is 6.18. The fourth-order valence-corrected chi connectivity index (χ4v) is 3.22. The summed E-state index contributed by atoms with van der Waals surface area (Å²) in [6.07, 6.45) is 3.47. The van der Waals surface area contributed by atoms with Gasteiger partial charge in [-0.3, -0.25) is 4.79 Å². The molecule has 0 N–H and O–H groups in total. The molecule has 1 aromatic carbocycles. The molecule has 0 radical (unpaired) electrons. The molecule has 0 saturated carbocycles. The number of hydrogen-bond donors (Lipinski definition) is 0. The molecule has 1 fully saturated rings. The van der Waals surface area contributed by atoms with Gasteiger partial charge in [-0.25, -0.2) is 0 Å². The van der Waals surface area contributed by atoms with Crippen LogP contribution in [0.25, 0.3) is 0 Å². The van der Waals surface area contributed by atoms with Gasteiger partial charge in [0.25, 0.3) is 5.91 Å². The number of hydrogen-bond acceptors (Lipinski definition) is 1. The Bertz CT molecular complexity index is 393. The minimum absolute atomic E-state index is 0.172. The summed E-state index contributed by atoms with van der Waals surface area (Å²) in [7, 11) is 0. The predicted molar refractivity (Wildman–Crippen MR) is 81.6 cm³/mol. The van der Waals surface area contributed by atoms with Crippen molar-refractivity contribution in [3.05, 3.63) is 33.4 Å². The summed E-state index contributed by atoms with van der Waals surface area (Å²) in [5.41, 5.74) is 0.804. The molecule has 2 rings (SSSR count). The Hall–Kier alpha value is -0.100. The molecule has 0 aliphatic carbocycles. The van der Waals surface area contributed by atoms with Crippen molar-refractivity contribution < 1.29 is 4.79 Å². The first-order chi connectivity index (χ1) is 8.22. The molecular formula is C13H15BrINO. The fraction of sp³-hybridized carbons (Fsp3) is 0.462. The van der Waals surface area contributed by atoms with E-state index in [1.54, 1.807) is 0 Å². The number of rotatable bonds is 2. The maximum atomic E-state index is 12.4. The molecule has 1 aliphatic rings. The number of carbonyl (C=O) groups excluding carboxylic acids is 1. The van der Waals surface area contributed by atoms with Crippen LogP contribution in [0.1, 0.15) is 29.6 Å². The van der Waals surface area contributed by atoms with Crippen LogP contribution in [0.2, 0.25) is 0 Å². The monoisotopic (exact) mass is 407 g/mol. The van der Waals surface area contributed by atoms with Gasteiger partial charge in [-0.1, -0.05) is 15.9 Å². The van der Waals surface area contributed by atoms with Crippen LogP contribution in [-0.4, -0.2) is 28.7 Å². The third-order valence-electron chi connectivity index (χ3n) is 3.16. The topological polar surface area (TPSA) is 20.3 Å². The lowest BCUT2D eigenvalue weighted by molar-refractivity contribution is 0.0642. The van der Waals surface area contributed by atoms with Crippen LogP contribution >= 0.6 is 38.5 Å². The Balaban J connectivity index is 2.15. The summed E-state index contributed by atoms with van der Waals surface area (Å²) >= 11 is 5.76. The number of amides is 1. The minimum atomic E-state index is 0.172. The van der Waals surface area contributed by atoms with Gasteiger partial charge in [0.2, 0.25) is 0 Å². The molecule has 1 aliphatic heterocycles. The van der Waals surface area contributed by atoms with Crippen molar-refractivity contribution in [2.75, 3.05) is 11.9 Å². The van der Waals surface area contributed by atoms with Gasteiger partial charge in [0.05, 0.1) is 0 Å². The second-order valence-corrected chi connectivity index (χ2v) is 6.20. The zero-order valence-corrected chi connectivity index (χ0v) is 13.3. The lowest BCUT2D eigenvalue weighted by atomic mass is 10.0. The van der Waals surface area contributed by atoms with Crippen molar-refractivity contribution in [3.8, 4) is 0 Å². The molecule has 1 saturated heterocycles. The van der Waals surface area contributed by atoms with E-state index in [2.05, 4.69) is 38.5 Å². The van der Waals surface area contributed by atoms with Gasteiger partial charge in [0.15, 0.2) is 0 Å². The van der Waals surface area contributed by atoms with Crippen LogP contribution in [0.15, 0.2) is 24.3 Å². The fourth-order valence-electron chi connectivity index (χ4n) is 2.19. The number of alkyl halides is 1. The van der Waals surface area contributed by atoms with Crippen LogP contribution in [-0.2, 0) is 0 Å². The standard InChI is InChI=1S/C13H15BrINO/c14-9-12-3-1-2-8-16(12)13(17)10-4-6-11(15)7-5-10/h4-7,12H,1-3,8-9H2. The Morgan fingerprint density at radius 1 is 1.35 bits per heavy atom. The summed E-state index contributed by atoms with van der Waals surface area (Å²) in [6, 6.07) is 8.17. The Morgan fingerprint density at radius 3 is 2.71 bits per heavy atom. The summed E-state index contributed by atoms with van der Waals surface area (Å²) in [4.78, 5) is 14.4. The number of likely N-dealkylation sites (tertiary alicyclic amines) is 1. The molecule has 0 bridgehead atoms. The maximum Gasteiger partial charge on any atom is 0.254 e. The highest BCUT2D eigenvalue weighted by atomic mass is 127. The highest BCUT2D eigenvalue weighted by molar-refractivity contribution is 14.1. The van der Waals surface area contributed by atoms with Crippen LogP contribution in [0.3, 0.4) is 0 Å². The summed E-state index contributed by atoms with van der Waals surface area (Å²) in [6.45, 7) is 0.890. The highest BCUT2D eigenvalue weighted by Gasteiger charge is 2.26. The molecule has 1 amide bonds. The van der Waals surface area contributed by atoms with Crippen LogP contribution in [0.5, 0.6) is 0 Å². The van der Waals surface area contributed by atoms with Gasteiger partial charge in [-0.05, 0) is 66.1 Å². The van der Waals surface area contributed by atoms with Crippen molar-refractivity contribution in [2.24, 2.45) is 0 Å². The van der Waals surface area contributed by atoms with Gasteiger partial charge < -0.3 is 4.90 Å². The largest absolute Gasteiger partial charge is 0.335 e. The van der Waals surface area contributed by atoms with Crippen LogP contribution in [0.4, 0.5) is 0 Å². The smallest absolute Gasteiger partial charge is 0.254 e. The molecule has 92 valence electrons.